The molecule has 1 aliphatic rings. The Kier molecular flexibility index (Phi) is 4.51. The lowest BCUT2D eigenvalue weighted by Crippen LogP contribution is -2.29. The smallest absolute Gasteiger partial charge is 0.297 e. The summed E-state index contributed by atoms with van der Waals surface area (Å²) in [6.45, 7) is 7.84. The van der Waals surface area contributed by atoms with Gasteiger partial charge in [-0.3, -0.25) is 14.5 Å². The molecule has 1 aliphatic heterocycles. The largest absolute Gasteiger partial charge is 0.450 e. The number of amides is 1. The molecule has 0 radical (unpaired) electrons. The van der Waals surface area contributed by atoms with Crippen LogP contribution in [-0.4, -0.2) is 16.1 Å². The molecule has 3 heterocycles. The zero-order chi connectivity index (χ0) is 21.9. The summed E-state index contributed by atoms with van der Waals surface area (Å²) in [7, 11) is 0. The summed E-state index contributed by atoms with van der Waals surface area (Å²) in [5, 5.41) is 9.96. The first-order valence-electron chi connectivity index (χ1n) is 10.2. The molecule has 7 heteroatoms. The molecule has 2 aromatic carbocycles. The van der Waals surface area contributed by atoms with Crippen LogP contribution in [0.2, 0.25) is 0 Å². The van der Waals surface area contributed by atoms with Gasteiger partial charge in [-0.1, -0.05) is 42.5 Å². The number of anilines is 1. The monoisotopic (exact) mass is 431 g/mol. The Balaban J connectivity index is 1.80. The molecule has 5 rings (SSSR count). The van der Waals surface area contributed by atoms with Gasteiger partial charge in [0.1, 0.15) is 10.6 Å². The number of nitrogens with zero attached hydrogens (tertiary/aromatic N) is 3. The van der Waals surface area contributed by atoms with Crippen molar-refractivity contribution >= 4 is 33.3 Å². The highest BCUT2D eigenvalue weighted by atomic mass is 32.1. The Bertz CT molecular complexity index is 1400. The summed E-state index contributed by atoms with van der Waals surface area (Å²) in [6, 6.07) is 11.0. The summed E-state index contributed by atoms with van der Waals surface area (Å²) < 4.78 is 6.05. The van der Waals surface area contributed by atoms with Gasteiger partial charge in [-0.25, -0.2) is 0 Å². The van der Waals surface area contributed by atoms with Gasteiger partial charge in [-0.15, -0.1) is 10.2 Å². The second-order valence-corrected chi connectivity index (χ2v) is 9.04. The second kappa shape index (κ2) is 7.13. The number of aryl methyl sites for hydroxylation is 4. The fourth-order valence-corrected chi connectivity index (χ4v) is 4.77. The Labute approximate surface area is 183 Å². The van der Waals surface area contributed by atoms with Crippen molar-refractivity contribution in [3.05, 3.63) is 85.2 Å². The van der Waals surface area contributed by atoms with Crippen LogP contribution in [0.15, 0.2) is 45.6 Å². The van der Waals surface area contributed by atoms with E-state index in [0.717, 1.165) is 28.1 Å². The van der Waals surface area contributed by atoms with Gasteiger partial charge in [0.25, 0.3) is 5.91 Å². The molecule has 31 heavy (non-hydrogen) atoms. The van der Waals surface area contributed by atoms with Crippen molar-refractivity contribution in [3.8, 4) is 0 Å². The normalized spacial score (nSPS) is 15.7. The number of aromatic nitrogens is 2. The maximum absolute atomic E-state index is 13.6. The number of carbonyl (C=O) groups is 1. The third-order valence-corrected chi connectivity index (χ3v) is 6.75. The van der Waals surface area contributed by atoms with Crippen LogP contribution in [0.5, 0.6) is 0 Å². The number of hydrogen-bond donors (Lipinski definition) is 0. The molecule has 0 N–H and O–H groups in total. The van der Waals surface area contributed by atoms with Crippen molar-refractivity contribution in [2.24, 2.45) is 0 Å². The second-order valence-electron chi connectivity index (χ2n) is 7.88. The van der Waals surface area contributed by atoms with E-state index in [1.165, 1.54) is 16.9 Å². The van der Waals surface area contributed by atoms with E-state index >= 15 is 0 Å². The molecule has 0 spiro atoms. The molecule has 1 atom stereocenters. The molecule has 4 aromatic rings. The van der Waals surface area contributed by atoms with Crippen molar-refractivity contribution in [2.75, 3.05) is 4.90 Å². The highest BCUT2D eigenvalue weighted by Crippen LogP contribution is 2.42. The standard InChI is InChI=1S/C24H21N3O3S/c1-5-15-6-8-16(9-7-15)20-19-21(28)17-10-12(2)13(3)11-18(17)30-22(19)23(29)27(20)24-26-25-14(4)31-24/h6-11,20H,5H2,1-4H3. The van der Waals surface area contributed by atoms with E-state index in [4.69, 9.17) is 4.42 Å². The van der Waals surface area contributed by atoms with Gasteiger partial charge < -0.3 is 4.42 Å². The first-order chi connectivity index (χ1) is 14.9. The molecule has 0 fully saturated rings. The summed E-state index contributed by atoms with van der Waals surface area (Å²) in [5.41, 5.74) is 4.64. The zero-order valence-electron chi connectivity index (χ0n) is 17.7. The van der Waals surface area contributed by atoms with Crippen molar-refractivity contribution in [3.63, 3.8) is 0 Å². The van der Waals surface area contributed by atoms with Gasteiger partial charge in [0.15, 0.2) is 5.43 Å². The fourth-order valence-electron chi connectivity index (χ4n) is 4.06. The molecule has 0 saturated carbocycles. The lowest BCUT2D eigenvalue weighted by atomic mass is 9.96. The minimum absolute atomic E-state index is 0.0816. The maximum Gasteiger partial charge on any atom is 0.297 e. The highest BCUT2D eigenvalue weighted by molar-refractivity contribution is 7.15. The van der Waals surface area contributed by atoms with Crippen molar-refractivity contribution in [1.29, 1.82) is 0 Å². The minimum atomic E-state index is -0.608. The number of benzene rings is 2. The molecular formula is C24H21N3O3S. The van der Waals surface area contributed by atoms with E-state index in [1.54, 1.807) is 4.90 Å². The van der Waals surface area contributed by atoms with Gasteiger partial charge in [0.2, 0.25) is 10.9 Å². The molecule has 0 aliphatic carbocycles. The van der Waals surface area contributed by atoms with Crippen LogP contribution in [0.4, 0.5) is 5.13 Å². The average molecular weight is 432 g/mol. The minimum Gasteiger partial charge on any atom is -0.450 e. The van der Waals surface area contributed by atoms with E-state index in [2.05, 4.69) is 17.1 Å². The average Bonchev–Trinajstić information content (AvgIpc) is 3.31. The van der Waals surface area contributed by atoms with Crippen molar-refractivity contribution < 1.29 is 9.21 Å². The number of carbonyl (C=O) groups excluding carboxylic acids is 1. The predicted molar refractivity (Wildman–Crippen MR) is 121 cm³/mol. The molecule has 2 aromatic heterocycles. The number of hydrogen-bond acceptors (Lipinski definition) is 6. The van der Waals surface area contributed by atoms with E-state index in [0.29, 0.717) is 21.7 Å². The van der Waals surface area contributed by atoms with Gasteiger partial charge in [0, 0.05) is 0 Å². The van der Waals surface area contributed by atoms with Crippen LogP contribution < -0.4 is 10.3 Å². The summed E-state index contributed by atoms with van der Waals surface area (Å²) in [4.78, 5) is 28.7. The maximum atomic E-state index is 13.6. The number of fused-ring (bicyclic) bond motifs is 2. The molecule has 1 amide bonds. The van der Waals surface area contributed by atoms with E-state index in [9.17, 15) is 9.59 Å². The topological polar surface area (TPSA) is 76.3 Å². The predicted octanol–water partition coefficient (Wildman–Crippen LogP) is 4.88. The third-order valence-electron chi connectivity index (χ3n) is 5.91. The van der Waals surface area contributed by atoms with Crippen molar-refractivity contribution in [2.45, 2.75) is 40.2 Å². The van der Waals surface area contributed by atoms with E-state index in [-0.39, 0.29) is 17.1 Å². The van der Waals surface area contributed by atoms with Crippen molar-refractivity contribution in [1.82, 2.24) is 10.2 Å². The molecule has 0 saturated heterocycles. The Hall–Kier alpha value is -3.32. The number of rotatable bonds is 3. The molecule has 6 nitrogen and oxygen atoms in total. The van der Waals surface area contributed by atoms with E-state index < -0.39 is 6.04 Å². The Morgan fingerprint density at radius 2 is 1.74 bits per heavy atom. The summed E-state index contributed by atoms with van der Waals surface area (Å²) in [5.74, 6) is -0.286. The van der Waals surface area contributed by atoms with Crippen LogP contribution >= 0.6 is 11.3 Å². The molecule has 1 unspecified atom stereocenters. The zero-order valence-corrected chi connectivity index (χ0v) is 18.5. The van der Waals surface area contributed by atoms with Gasteiger partial charge in [0.05, 0.1) is 17.0 Å². The summed E-state index contributed by atoms with van der Waals surface area (Å²) >= 11 is 1.32. The van der Waals surface area contributed by atoms with Gasteiger partial charge in [-0.2, -0.15) is 0 Å². The third kappa shape index (κ3) is 2.99. The highest BCUT2D eigenvalue weighted by Gasteiger charge is 2.45. The van der Waals surface area contributed by atoms with Gasteiger partial charge in [-0.05, 0) is 61.6 Å². The first-order valence-corrected chi connectivity index (χ1v) is 11.0. The van der Waals surface area contributed by atoms with E-state index in [1.807, 2.05) is 57.2 Å². The summed E-state index contributed by atoms with van der Waals surface area (Å²) in [6.07, 6.45) is 0.908. The Morgan fingerprint density at radius 1 is 1.03 bits per heavy atom. The molecule has 156 valence electrons. The molecular weight excluding hydrogens is 410 g/mol. The SMILES string of the molecule is CCc1ccc(C2c3c(oc4cc(C)c(C)cc4c3=O)C(=O)N2c2nnc(C)s2)cc1. The van der Waals surface area contributed by atoms with Crippen LogP contribution in [0.3, 0.4) is 0 Å². The van der Waals surface area contributed by atoms with Gasteiger partial charge >= 0.3 is 0 Å². The Morgan fingerprint density at radius 3 is 2.39 bits per heavy atom. The first kappa shape index (κ1) is 19.6. The van der Waals surface area contributed by atoms with Crippen LogP contribution in [0.1, 0.15) is 56.3 Å². The lowest BCUT2D eigenvalue weighted by Gasteiger charge is -2.22. The fraction of sp³-hybridized carbons (Fsp3) is 0.250. The van der Waals surface area contributed by atoms with Crippen LogP contribution in [0.25, 0.3) is 11.0 Å². The van der Waals surface area contributed by atoms with Crippen LogP contribution in [-0.2, 0) is 6.42 Å². The quantitative estimate of drug-likeness (QED) is 0.462. The molecule has 0 bridgehead atoms. The van der Waals surface area contributed by atoms with Crippen LogP contribution in [0, 0.1) is 20.8 Å². The lowest BCUT2D eigenvalue weighted by molar-refractivity contribution is 0.0970.